The van der Waals surface area contributed by atoms with Gasteiger partial charge >= 0.3 is 0 Å². The predicted molar refractivity (Wildman–Crippen MR) is 106 cm³/mol. The maximum atomic E-state index is 13.2. The summed E-state index contributed by atoms with van der Waals surface area (Å²) in [5.41, 5.74) is 1.73. The molecule has 1 atom stereocenters. The molecule has 2 aromatic carbocycles. The molecule has 0 radical (unpaired) electrons. The Kier molecular flexibility index (Phi) is 5.47. The first-order valence-electron chi connectivity index (χ1n) is 9.69. The van der Waals surface area contributed by atoms with Crippen LogP contribution in [0.5, 0.6) is 0 Å². The highest BCUT2D eigenvalue weighted by Gasteiger charge is 2.39. The van der Waals surface area contributed by atoms with Crippen LogP contribution in [0.1, 0.15) is 43.7 Å². The van der Waals surface area contributed by atoms with Gasteiger partial charge in [0, 0.05) is 12.1 Å². The van der Waals surface area contributed by atoms with Crippen LogP contribution in [0, 0.1) is 5.82 Å². The molecular formula is C21H22FN3O3S. The third-order valence-electron chi connectivity index (χ3n) is 5.10. The molecule has 4 rings (SSSR count). The Balaban J connectivity index is 1.59. The van der Waals surface area contributed by atoms with Gasteiger partial charge in [0.25, 0.3) is 0 Å². The van der Waals surface area contributed by atoms with E-state index in [1.807, 2.05) is 12.1 Å². The first kappa shape index (κ1) is 19.7. The molecule has 0 amide bonds. The molecule has 152 valence electrons. The quantitative estimate of drug-likeness (QED) is 0.598. The fraction of sp³-hybridized carbons (Fsp3) is 0.333. The third kappa shape index (κ3) is 3.95. The Morgan fingerprint density at radius 3 is 2.55 bits per heavy atom. The Morgan fingerprint density at radius 1 is 1.14 bits per heavy atom. The van der Waals surface area contributed by atoms with Crippen LogP contribution >= 0.6 is 0 Å². The number of sulfonamides is 1. The van der Waals surface area contributed by atoms with E-state index in [-0.39, 0.29) is 16.6 Å². The Bertz CT molecular complexity index is 1080. The summed E-state index contributed by atoms with van der Waals surface area (Å²) in [6.45, 7) is 2.49. The second-order valence-electron chi connectivity index (χ2n) is 7.13. The molecule has 0 saturated carbocycles. The van der Waals surface area contributed by atoms with Crippen molar-refractivity contribution in [3.63, 3.8) is 0 Å². The zero-order valence-electron chi connectivity index (χ0n) is 16.1. The number of rotatable bonds is 6. The maximum Gasteiger partial charge on any atom is 0.245 e. The van der Waals surface area contributed by atoms with Crippen molar-refractivity contribution in [1.29, 1.82) is 0 Å². The topological polar surface area (TPSA) is 76.3 Å². The van der Waals surface area contributed by atoms with Crippen LogP contribution in [0.15, 0.2) is 57.9 Å². The van der Waals surface area contributed by atoms with Gasteiger partial charge in [0.15, 0.2) is 0 Å². The molecular weight excluding hydrogens is 393 g/mol. The van der Waals surface area contributed by atoms with Crippen molar-refractivity contribution in [1.82, 2.24) is 14.4 Å². The molecule has 1 saturated heterocycles. The number of nitrogens with zero attached hydrogens (tertiary/aromatic N) is 3. The number of aromatic nitrogens is 2. The number of hydrogen-bond donors (Lipinski definition) is 0. The summed E-state index contributed by atoms with van der Waals surface area (Å²) in [5.74, 6) is 0.219. The van der Waals surface area contributed by atoms with Crippen molar-refractivity contribution < 1.29 is 17.3 Å². The van der Waals surface area contributed by atoms with E-state index in [0.717, 1.165) is 18.4 Å². The molecule has 6 nitrogen and oxygen atoms in total. The van der Waals surface area contributed by atoms with Gasteiger partial charge in [-0.3, -0.25) is 0 Å². The van der Waals surface area contributed by atoms with Crippen LogP contribution in [0.4, 0.5) is 4.39 Å². The number of aryl methyl sites for hydroxylation is 1. The van der Waals surface area contributed by atoms with Gasteiger partial charge in [0.05, 0.1) is 4.90 Å². The Morgan fingerprint density at radius 2 is 1.86 bits per heavy atom. The van der Waals surface area contributed by atoms with Gasteiger partial charge in [0.2, 0.25) is 21.7 Å². The minimum atomic E-state index is -3.67. The van der Waals surface area contributed by atoms with Crippen LogP contribution < -0.4 is 0 Å². The number of hydrogen-bond acceptors (Lipinski definition) is 5. The lowest BCUT2D eigenvalue weighted by molar-refractivity contribution is 0.290. The standard InChI is InChI=1S/C21H22FN3O3S/c1-2-4-15-6-12-18(13-7-15)29(26,27)25-14-3-5-19(25)21-23-20(24-28-21)16-8-10-17(22)11-9-16/h6-13,19H,2-5,14H2,1H3/t19-/m1/s1. The minimum Gasteiger partial charge on any atom is -0.337 e. The molecule has 2 heterocycles. The highest BCUT2D eigenvalue weighted by atomic mass is 32.2. The zero-order chi connectivity index (χ0) is 20.4. The van der Waals surface area contributed by atoms with E-state index in [1.165, 1.54) is 16.4 Å². The Hall–Kier alpha value is -2.58. The fourth-order valence-corrected chi connectivity index (χ4v) is 5.26. The van der Waals surface area contributed by atoms with E-state index in [4.69, 9.17) is 4.52 Å². The smallest absolute Gasteiger partial charge is 0.245 e. The van der Waals surface area contributed by atoms with E-state index in [9.17, 15) is 12.8 Å². The molecule has 1 aliphatic rings. The van der Waals surface area contributed by atoms with E-state index < -0.39 is 16.1 Å². The van der Waals surface area contributed by atoms with Gasteiger partial charge < -0.3 is 4.52 Å². The van der Waals surface area contributed by atoms with Gasteiger partial charge in [-0.15, -0.1) is 0 Å². The largest absolute Gasteiger partial charge is 0.337 e. The first-order chi connectivity index (χ1) is 14.0. The van der Waals surface area contributed by atoms with Crippen LogP contribution in [0.2, 0.25) is 0 Å². The van der Waals surface area contributed by atoms with E-state index in [0.29, 0.717) is 30.8 Å². The summed E-state index contributed by atoms with van der Waals surface area (Å²) in [7, 11) is -3.67. The molecule has 3 aromatic rings. The van der Waals surface area contributed by atoms with Crippen LogP contribution in [0.3, 0.4) is 0 Å². The minimum absolute atomic E-state index is 0.257. The summed E-state index contributed by atoms with van der Waals surface area (Å²) >= 11 is 0. The first-order valence-corrected chi connectivity index (χ1v) is 11.1. The maximum absolute atomic E-state index is 13.2. The molecule has 1 aliphatic heterocycles. The highest BCUT2D eigenvalue weighted by Crippen LogP contribution is 2.36. The highest BCUT2D eigenvalue weighted by molar-refractivity contribution is 7.89. The lowest BCUT2D eigenvalue weighted by atomic mass is 10.1. The molecule has 29 heavy (non-hydrogen) atoms. The molecule has 0 bridgehead atoms. The van der Waals surface area contributed by atoms with Crippen molar-refractivity contribution >= 4 is 10.0 Å². The summed E-state index contributed by atoms with van der Waals surface area (Å²) in [6.07, 6.45) is 3.25. The van der Waals surface area contributed by atoms with Crippen molar-refractivity contribution in [2.24, 2.45) is 0 Å². The Labute approximate surface area is 169 Å². The molecule has 0 aliphatic carbocycles. The molecule has 1 aromatic heterocycles. The van der Waals surface area contributed by atoms with Gasteiger partial charge in [-0.1, -0.05) is 30.6 Å². The number of halogens is 1. The lowest BCUT2D eigenvalue weighted by Gasteiger charge is -2.21. The molecule has 8 heteroatoms. The molecule has 0 spiro atoms. The molecule has 0 N–H and O–H groups in total. The third-order valence-corrected chi connectivity index (χ3v) is 7.02. The van der Waals surface area contributed by atoms with Gasteiger partial charge in [-0.2, -0.15) is 9.29 Å². The lowest BCUT2D eigenvalue weighted by Crippen LogP contribution is -2.30. The average molecular weight is 415 g/mol. The van der Waals surface area contributed by atoms with Crippen LogP contribution in [-0.2, 0) is 16.4 Å². The summed E-state index contributed by atoms with van der Waals surface area (Å²) in [4.78, 5) is 4.65. The van der Waals surface area contributed by atoms with Gasteiger partial charge in [0.1, 0.15) is 11.9 Å². The molecule has 0 unspecified atom stereocenters. The zero-order valence-corrected chi connectivity index (χ0v) is 16.9. The monoisotopic (exact) mass is 415 g/mol. The second kappa shape index (κ2) is 8.04. The van der Waals surface area contributed by atoms with Crippen LogP contribution in [0.25, 0.3) is 11.4 Å². The van der Waals surface area contributed by atoms with E-state index in [1.54, 1.807) is 24.3 Å². The average Bonchev–Trinajstić information content (AvgIpc) is 3.39. The molecule has 1 fully saturated rings. The van der Waals surface area contributed by atoms with E-state index >= 15 is 0 Å². The summed E-state index contributed by atoms with van der Waals surface area (Å²) in [6, 6.07) is 12.3. The SMILES string of the molecule is CCCc1ccc(S(=O)(=O)N2CCC[C@@H]2c2nc(-c3ccc(F)cc3)no2)cc1. The van der Waals surface area contributed by atoms with Gasteiger partial charge in [-0.05, 0) is 61.2 Å². The van der Waals surface area contributed by atoms with Crippen molar-refractivity contribution in [3.8, 4) is 11.4 Å². The normalized spacial score (nSPS) is 17.7. The van der Waals surface area contributed by atoms with Crippen molar-refractivity contribution in [3.05, 3.63) is 65.8 Å². The summed E-state index contributed by atoms with van der Waals surface area (Å²) < 4.78 is 46.3. The van der Waals surface area contributed by atoms with Crippen LogP contribution in [-0.4, -0.2) is 29.4 Å². The second-order valence-corrected chi connectivity index (χ2v) is 9.02. The van der Waals surface area contributed by atoms with Gasteiger partial charge in [-0.25, -0.2) is 12.8 Å². The summed E-state index contributed by atoms with van der Waals surface area (Å²) in [5, 5.41) is 3.95. The fourth-order valence-electron chi connectivity index (χ4n) is 3.61. The van der Waals surface area contributed by atoms with Crippen molar-refractivity contribution in [2.75, 3.05) is 6.54 Å². The predicted octanol–water partition coefficient (Wildman–Crippen LogP) is 4.35. The van der Waals surface area contributed by atoms with Crippen molar-refractivity contribution in [2.45, 2.75) is 43.5 Å². The number of benzene rings is 2. The van der Waals surface area contributed by atoms with E-state index in [2.05, 4.69) is 17.1 Å².